The molecule has 1 N–H and O–H groups in total. The molecule has 0 spiro atoms. The molecule has 0 aliphatic carbocycles. The van der Waals surface area contributed by atoms with Crippen molar-refractivity contribution in [1.82, 2.24) is 15.1 Å². The number of hydrogen-bond acceptors (Lipinski definition) is 3. The van der Waals surface area contributed by atoms with E-state index < -0.39 is 0 Å². The van der Waals surface area contributed by atoms with Crippen LogP contribution in [-0.2, 0) is 4.74 Å². The predicted octanol–water partition coefficient (Wildman–Crippen LogP) is 0.509. The summed E-state index contributed by atoms with van der Waals surface area (Å²) in [6.07, 6.45) is 0.347. The summed E-state index contributed by atoms with van der Waals surface area (Å²) in [5.41, 5.74) is 0. The van der Waals surface area contributed by atoms with Gasteiger partial charge in [0.05, 0.1) is 12.2 Å². The highest BCUT2D eigenvalue weighted by atomic mass is 16.5. The van der Waals surface area contributed by atoms with E-state index in [-0.39, 0.29) is 18.2 Å². The van der Waals surface area contributed by atoms with Gasteiger partial charge in [-0.15, -0.1) is 0 Å². The lowest BCUT2D eigenvalue weighted by Gasteiger charge is -2.46. The van der Waals surface area contributed by atoms with Gasteiger partial charge in [-0.05, 0) is 20.8 Å². The lowest BCUT2D eigenvalue weighted by molar-refractivity contribution is -0.134. The molecule has 2 rings (SSSR count). The van der Waals surface area contributed by atoms with E-state index in [2.05, 4.69) is 24.1 Å². The zero-order chi connectivity index (χ0) is 12.4. The topological polar surface area (TPSA) is 44.8 Å². The second-order valence-electron chi connectivity index (χ2n) is 5.17. The quantitative estimate of drug-likeness (QED) is 0.766. The second-order valence-corrected chi connectivity index (χ2v) is 5.17. The molecule has 2 bridgehead atoms. The smallest absolute Gasteiger partial charge is 0.317 e. The molecule has 0 saturated carbocycles. The van der Waals surface area contributed by atoms with E-state index in [4.69, 9.17) is 4.74 Å². The zero-order valence-corrected chi connectivity index (χ0v) is 11.0. The van der Waals surface area contributed by atoms with Gasteiger partial charge in [0.15, 0.2) is 0 Å². The Bertz CT molecular complexity index is 269. The molecule has 98 valence electrons. The molecule has 5 nitrogen and oxygen atoms in total. The molecular weight excluding hydrogens is 218 g/mol. The molecule has 2 amide bonds. The molecular formula is C12H23N3O2. The molecule has 2 atom stereocenters. The molecule has 2 saturated heterocycles. The molecule has 0 aromatic rings. The first kappa shape index (κ1) is 12.6. The fraction of sp³-hybridized carbons (Fsp3) is 0.917. The zero-order valence-electron chi connectivity index (χ0n) is 11.0. The minimum atomic E-state index is 0.0452. The van der Waals surface area contributed by atoms with Gasteiger partial charge in [-0.1, -0.05) is 0 Å². The molecule has 5 heteroatoms. The van der Waals surface area contributed by atoms with E-state index in [1.165, 1.54) is 0 Å². The lowest BCUT2D eigenvalue weighted by Crippen LogP contribution is -2.62. The van der Waals surface area contributed by atoms with Crippen LogP contribution in [0.2, 0.25) is 0 Å². The number of amides is 2. The molecule has 2 fully saturated rings. The lowest BCUT2D eigenvalue weighted by atomic mass is 10.1. The summed E-state index contributed by atoms with van der Waals surface area (Å²) in [4.78, 5) is 16.1. The third-order valence-electron chi connectivity index (χ3n) is 3.45. The van der Waals surface area contributed by atoms with Crippen molar-refractivity contribution in [1.29, 1.82) is 0 Å². The van der Waals surface area contributed by atoms with Gasteiger partial charge in [0.25, 0.3) is 0 Å². The number of urea groups is 1. The van der Waals surface area contributed by atoms with Crippen LogP contribution in [-0.4, -0.2) is 66.8 Å². The molecule has 0 radical (unpaired) electrons. The summed E-state index contributed by atoms with van der Waals surface area (Å²) < 4.78 is 5.90. The van der Waals surface area contributed by atoms with Crippen molar-refractivity contribution < 1.29 is 9.53 Å². The number of nitrogens with one attached hydrogen (secondary N) is 1. The Morgan fingerprint density at radius 2 is 1.88 bits per heavy atom. The molecule has 0 aromatic carbocycles. The molecule has 2 aliphatic heterocycles. The Hall–Kier alpha value is -0.810. The Balaban J connectivity index is 1.93. The van der Waals surface area contributed by atoms with E-state index in [9.17, 15) is 4.79 Å². The first-order valence-corrected chi connectivity index (χ1v) is 6.52. The van der Waals surface area contributed by atoms with Gasteiger partial charge in [-0.25, -0.2) is 4.79 Å². The molecule has 2 heterocycles. The average Bonchev–Trinajstić information content (AvgIpc) is 2.27. The normalized spacial score (nSPS) is 29.5. The molecule has 0 aromatic heterocycles. The van der Waals surface area contributed by atoms with E-state index in [0.29, 0.717) is 25.7 Å². The monoisotopic (exact) mass is 241 g/mol. The van der Waals surface area contributed by atoms with Gasteiger partial charge < -0.3 is 15.0 Å². The Labute approximate surface area is 103 Å². The summed E-state index contributed by atoms with van der Waals surface area (Å²) in [5, 5.41) is 2.86. The first-order chi connectivity index (χ1) is 8.10. The van der Waals surface area contributed by atoms with Crippen molar-refractivity contribution >= 4 is 6.03 Å². The maximum absolute atomic E-state index is 11.8. The second kappa shape index (κ2) is 5.23. The van der Waals surface area contributed by atoms with Crippen LogP contribution in [0, 0.1) is 0 Å². The third-order valence-corrected chi connectivity index (χ3v) is 3.45. The predicted molar refractivity (Wildman–Crippen MR) is 66.0 cm³/mol. The summed E-state index contributed by atoms with van der Waals surface area (Å²) in [6, 6.07) is 0.601. The number of fused-ring (bicyclic) bond motifs is 2. The fourth-order valence-corrected chi connectivity index (χ4v) is 2.57. The maximum atomic E-state index is 11.8. The number of carbonyl (C=O) groups excluding carboxylic acids is 1. The van der Waals surface area contributed by atoms with Crippen molar-refractivity contribution in [2.75, 3.05) is 32.7 Å². The SMILES string of the molecule is CCNC(=O)N1C[C@@H]2CN(C(C)C)C[C@H](C1)O2. The highest BCUT2D eigenvalue weighted by Gasteiger charge is 2.37. The highest BCUT2D eigenvalue weighted by molar-refractivity contribution is 5.74. The van der Waals surface area contributed by atoms with Crippen molar-refractivity contribution in [3.8, 4) is 0 Å². The number of ether oxygens (including phenoxy) is 1. The van der Waals surface area contributed by atoms with Crippen LogP contribution in [0.25, 0.3) is 0 Å². The number of morpholine rings is 2. The van der Waals surface area contributed by atoms with Gasteiger partial charge in [0, 0.05) is 38.8 Å². The summed E-state index contributed by atoms with van der Waals surface area (Å²) >= 11 is 0. The minimum Gasteiger partial charge on any atom is -0.369 e. The van der Waals surface area contributed by atoms with Crippen molar-refractivity contribution in [2.24, 2.45) is 0 Å². The van der Waals surface area contributed by atoms with Gasteiger partial charge in [-0.3, -0.25) is 4.90 Å². The number of nitrogens with zero attached hydrogens (tertiary/aromatic N) is 2. The molecule has 17 heavy (non-hydrogen) atoms. The number of carbonyl (C=O) groups is 1. The van der Waals surface area contributed by atoms with Gasteiger partial charge in [-0.2, -0.15) is 0 Å². The Morgan fingerprint density at radius 1 is 1.29 bits per heavy atom. The number of hydrogen-bond donors (Lipinski definition) is 1. The van der Waals surface area contributed by atoms with Crippen LogP contribution < -0.4 is 5.32 Å². The van der Waals surface area contributed by atoms with Crippen molar-refractivity contribution in [2.45, 2.75) is 39.0 Å². The van der Waals surface area contributed by atoms with Crippen LogP contribution in [0.4, 0.5) is 4.79 Å². The summed E-state index contributed by atoms with van der Waals surface area (Å²) in [6.45, 7) is 10.3. The van der Waals surface area contributed by atoms with E-state index in [0.717, 1.165) is 13.1 Å². The maximum Gasteiger partial charge on any atom is 0.317 e. The van der Waals surface area contributed by atoms with E-state index >= 15 is 0 Å². The number of rotatable bonds is 2. The van der Waals surface area contributed by atoms with Crippen molar-refractivity contribution in [3.05, 3.63) is 0 Å². The van der Waals surface area contributed by atoms with E-state index in [1.807, 2.05) is 11.8 Å². The largest absolute Gasteiger partial charge is 0.369 e. The Kier molecular flexibility index (Phi) is 3.89. The summed E-state index contributed by atoms with van der Waals surface area (Å²) in [5.74, 6) is 0. The molecule has 0 unspecified atom stereocenters. The fourth-order valence-electron chi connectivity index (χ4n) is 2.57. The van der Waals surface area contributed by atoms with Crippen LogP contribution >= 0.6 is 0 Å². The third kappa shape index (κ3) is 2.90. The molecule has 2 aliphatic rings. The van der Waals surface area contributed by atoms with E-state index in [1.54, 1.807) is 0 Å². The van der Waals surface area contributed by atoms with Gasteiger partial charge in [0.2, 0.25) is 0 Å². The summed E-state index contributed by atoms with van der Waals surface area (Å²) in [7, 11) is 0. The van der Waals surface area contributed by atoms with Crippen LogP contribution in [0.5, 0.6) is 0 Å². The standard InChI is InChI=1S/C12H23N3O2/c1-4-13-12(16)15-7-10-5-14(9(2)3)6-11(8-15)17-10/h9-11H,4-8H2,1-3H3,(H,13,16)/t10-,11+. The minimum absolute atomic E-state index is 0.0452. The first-order valence-electron chi connectivity index (χ1n) is 6.52. The van der Waals surface area contributed by atoms with Crippen molar-refractivity contribution in [3.63, 3.8) is 0 Å². The van der Waals surface area contributed by atoms with Gasteiger partial charge >= 0.3 is 6.03 Å². The van der Waals surface area contributed by atoms with Crippen LogP contribution in [0.3, 0.4) is 0 Å². The van der Waals surface area contributed by atoms with Crippen LogP contribution in [0.15, 0.2) is 0 Å². The average molecular weight is 241 g/mol. The van der Waals surface area contributed by atoms with Crippen LogP contribution in [0.1, 0.15) is 20.8 Å². The van der Waals surface area contributed by atoms with Gasteiger partial charge in [0.1, 0.15) is 0 Å². The highest BCUT2D eigenvalue weighted by Crippen LogP contribution is 2.20. The Morgan fingerprint density at radius 3 is 2.35 bits per heavy atom.